The summed E-state index contributed by atoms with van der Waals surface area (Å²) in [6, 6.07) is 7.46. The van der Waals surface area contributed by atoms with Gasteiger partial charge in [0, 0.05) is 12.1 Å². The van der Waals surface area contributed by atoms with Gasteiger partial charge in [0.25, 0.3) is 5.91 Å². The minimum Gasteiger partial charge on any atom is -0.348 e. The first-order valence-electron chi connectivity index (χ1n) is 6.37. The molecule has 110 valence electrons. The van der Waals surface area contributed by atoms with Crippen LogP contribution in [0.2, 0.25) is 0 Å². The van der Waals surface area contributed by atoms with Crippen molar-refractivity contribution in [1.82, 2.24) is 5.32 Å². The Bertz CT molecular complexity index is 678. The Kier molecular flexibility index (Phi) is 4.73. The molecular formula is C16H14BrF2NO. The number of nitrogens with one attached hydrogen (secondary N) is 1. The number of halogens is 3. The second-order valence-corrected chi connectivity index (χ2v) is 5.71. The lowest BCUT2D eigenvalue weighted by atomic mass is 10.1. The maximum Gasteiger partial charge on any atom is 0.251 e. The minimum atomic E-state index is -0.420. The molecule has 5 heteroatoms. The Hall–Kier alpha value is -1.75. The number of amides is 1. The summed E-state index contributed by atoms with van der Waals surface area (Å²) in [5, 5.41) is 2.73. The largest absolute Gasteiger partial charge is 0.348 e. The SMILES string of the molecule is Cc1cc(CNC(=O)c2ccc(F)c(Br)c2)cc(C)c1F. The molecule has 1 amide bonds. The molecule has 2 nitrogen and oxygen atoms in total. The third-order valence-corrected chi connectivity index (χ3v) is 3.74. The Morgan fingerprint density at radius 3 is 2.33 bits per heavy atom. The molecule has 0 fully saturated rings. The van der Waals surface area contributed by atoms with E-state index < -0.39 is 5.82 Å². The molecule has 0 aliphatic rings. The fourth-order valence-corrected chi connectivity index (χ4v) is 2.44. The molecule has 0 radical (unpaired) electrons. The van der Waals surface area contributed by atoms with Crippen molar-refractivity contribution in [3.63, 3.8) is 0 Å². The van der Waals surface area contributed by atoms with Crippen molar-refractivity contribution in [1.29, 1.82) is 0 Å². The lowest BCUT2D eigenvalue weighted by Gasteiger charge is -2.09. The van der Waals surface area contributed by atoms with Gasteiger partial charge in [0.05, 0.1) is 4.47 Å². The summed E-state index contributed by atoms with van der Waals surface area (Å²) in [4.78, 5) is 12.0. The van der Waals surface area contributed by atoms with Crippen molar-refractivity contribution < 1.29 is 13.6 Å². The molecule has 0 unspecified atom stereocenters. The van der Waals surface area contributed by atoms with Gasteiger partial charge in [0.2, 0.25) is 0 Å². The van der Waals surface area contributed by atoms with Crippen LogP contribution in [0, 0.1) is 25.5 Å². The normalized spacial score (nSPS) is 10.5. The molecule has 2 rings (SSSR count). The molecule has 21 heavy (non-hydrogen) atoms. The van der Waals surface area contributed by atoms with E-state index in [4.69, 9.17) is 0 Å². The molecule has 0 aromatic heterocycles. The summed E-state index contributed by atoms with van der Waals surface area (Å²) in [6.07, 6.45) is 0. The fraction of sp³-hybridized carbons (Fsp3) is 0.188. The van der Waals surface area contributed by atoms with Crippen molar-refractivity contribution in [3.8, 4) is 0 Å². The van der Waals surface area contributed by atoms with Crippen LogP contribution in [0.4, 0.5) is 8.78 Å². The molecule has 0 spiro atoms. The van der Waals surface area contributed by atoms with E-state index >= 15 is 0 Å². The monoisotopic (exact) mass is 353 g/mol. The maximum atomic E-state index is 13.5. The molecule has 0 saturated carbocycles. The number of hydrogen-bond acceptors (Lipinski definition) is 1. The van der Waals surface area contributed by atoms with E-state index in [0.29, 0.717) is 16.7 Å². The average Bonchev–Trinajstić information content (AvgIpc) is 2.44. The molecule has 0 bridgehead atoms. The summed E-state index contributed by atoms with van der Waals surface area (Å²) in [7, 11) is 0. The third-order valence-electron chi connectivity index (χ3n) is 3.13. The fourth-order valence-electron chi connectivity index (χ4n) is 2.06. The van der Waals surface area contributed by atoms with Gasteiger partial charge in [0.1, 0.15) is 11.6 Å². The first-order valence-corrected chi connectivity index (χ1v) is 7.16. The molecule has 2 aromatic rings. The van der Waals surface area contributed by atoms with Gasteiger partial charge < -0.3 is 5.32 Å². The van der Waals surface area contributed by atoms with E-state index in [0.717, 1.165) is 5.56 Å². The minimum absolute atomic E-state index is 0.229. The molecule has 0 atom stereocenters. The Morgan fingerprint density at radius 2 is 1.76 bits per heavy atom. The highest BCUT2D eigenvalue weighted by molar-refractivity contribution is 9.10. The number of benzene rings is 2. The van der Waals surface area contributed by atoms with E-state index in [2.05, 4.69) is 21.2 Å². The van der Waals surface area contributed by atoms with Crippen molar-refractivity contribution in [2.75, 3.05) is 0 Å². The van der Waals surface area contributed by atoms with Gasteiger partial charge in [-0.1, -0.05) is 12.1 Å². The van der Waals surface area contributed by atoms with Crippen LogP contribution in [0.1, 0.15) is 27.0 Å². The zero-order valence-electron chi connectivity index (χ0n) is 11.6. The highest BCUT2D eigenvalue weighted by Gasteiger charge is 2.09. The van der Waals surface area contributed by atoms with E-state index in [-0.39, 0.29) is 22.7 Å². The van der Waals surface area contributed by atoms with E-state index in [1.54, 1.807) is 26.0 Å². The number of hydrogen-bond donors (Lipinski definition) is 1. The van der Waals surface area contributed by atoms with Crippen LogP contribution in [-0.2, 0) is 6.54 Å². The van der Waals surface area contributed by atoms with Crippen LogP contribution in [-0.4, -0.2) is 5.91 Å². The first-order chi connectivity index (χ1) is 9.88. The van der Waals surface area contributed by atoms with Gasteiger partial charge in [-0.15, -0.1) is 0 Å². The van der Waals surface area contributed by atoms with Crippen LogP contribution < -0.4 is 5.32 Å². The van der Waals surface area contributed by atoms with Crippen LogP contribution in [0.3, 0.4) is 0 Å². The Morgan fingerprint density at radius 1 is 1.14 bits per heavy atom. The second-order valence-electron chi connectivity index (χ2n) is 4.86. The number of carbonyl (C=O) groups excluding carboxylic acids is 1. The van der Waals surface area contributed by atoms with E-state index in [1.165, 1.54) is 18.2 Å². The van der Waals surface area contributed by atoms with E-state index in [9.17, 15) is 13.6 Å². The molecule has 2 aromatic carbocycles. The Balaban J connectivity index is 2.09. The lowest BCUT2D eigenvalue weighted by Crippen LogP contribution is -2.23. The van der Waals surface area contributed by atoms with Crippen LogP contribution in [0.5, 0.6) is 0 Å². The average molecular weight is 354 g/mol. The third kappa shape index (κ3) is 3.67. The molecule has 0 saturated heterocycles. The quantitative estimate of drug-likeness (QED) is 0.876. The van der Waals surface area contributed by atoms with Gasteiger partial charge in [-0.2, -0.15) is 0 Å². The first kappa shape index (κ1) is 15.6. The van der Waals surface area contributed by atoms with Crippen LogP contribution >= 0.6 is 15.9 Å². The zero-order chi connectivity index (χ0) is 15.6. The number of aryl methyl sites for hydroxylation is 2. The molecule has 0 aliphatic heterocycles. The smallest absolute Gasteiger partial charge is 0.251 e. The predicted octanol–water partition coefficient (Wildman–Crippen LogP) is 4.27. The van der Waals surface area contributed by atoms with Gasteiger partial charge in [-0.3, -0.25) is 4.79 Å². The molecule has 0 heterocycles. The van der Waals surface area contributed by atoms with Gasteiger partial charge >= 0.3 is 0 Å². The summed E-state index contributed by atoms with van der Waals surface area (Å²) in [5.41, 5.74) is 2.27. The predicted molar refractivity (Wildman–Crippen MR) is 81.1 cm³/mol. The van der Waals surface area contributed by atoms with Gasteiger partial charge in [-0.25, -0.2) is 8.78 Å². The topological polar surface area (TPSA) is 29.1 Å². The summed E-state index contributed by atoms with van der Waals surface area (Å²) in [6.45, 7) is 3.66. The van der Waals surface area contributed by atoms with Crippen LogP contribution in [0.15, 0.2) is 34.8 Å². The summed E-state index contributed by atoms with van der Waals surface area (Å²) >= 11 is 3.04. The summed E-state index contributed by atoms with van der Waals surface area (Å²) in [5.74, 6) is -0.959. The summed E-state index contributed by atoms with van der Waals surface area (Å²) < 4.78 is 26.9. The van der Waals surface area contributed by atoms with Crippen molar-refractivity contribution >= 4 is 21.8 Å². The molecule has 0 aliphatic carbocycles. The van der Waals surface area contributed by atoms with Gasteiger partial charge in [0.15, 0.2) is 0 Å². The number of carbonyl (C=O) groups is 1. The highest BCUT2D eigenvalue weighted by atomic mass is 79.9. The van der Waals surface area contributed by atoms with Gasteiger partial charge in [-0.05, 0) is 64.7 Å². The zero-order valence-corrected chi connectivity index (χ0v) is 13.2. The lowest BCUT2D eigenvalue weighted by molar-refractivity contribution is 0.0951. The molecular weight excluding hydrogens is 340 g/mol. The molecule has 1 N–H and O–H groups in total. The second kappa shape index (κ2) is 6.35. The van der Waals surface area contributed by atoms with Crippen molar-refractivity contribution in [2.45, 2.75) is 20.4 Å². The van der Waals surface area contributed by atoms with E-state index in [1.807, 2.05) is 0 Å². The number of rotatable bonds is 3. The Labute approximate surface area is 130 Å². The highest BCUT2D eigenvalue weighted by Crippen LogP contribution is 2.17. The van der Waals surface area contributed by atoms with Crippen molar-refractivity contribution in [2.24, 2.45) is 0 Å². The maximum absolute atomic E-state index is 13.5. The van der Waals surface area contributed by atoms with Crippen molar-refractivity contribution in [3.05, 3.63) is 68.7 Å². The standard InChI is InChI=1S/C16H14BrF2NO/c1-9-5-11(6-10(2)15(9)19)8-20-16(21)12-3-4-14(18)13(17)7-12/h3-7H,8H2,1-2H3,(H,20,21). The van der Waals surface area contributed by atoms with Crippen LogP contribution in [0.25, 0.3) is 0 Å².